The number of carbonyl (C=O) groups excluding carboxylic acids is 1. The van der Waals surface area contributed by atoms with Gasteiger partial charge in [0.05, 0.1) is 23.7 Å². The van der Waals surface area contributed by atoms with Gasteiger partial charge in [-0.2, -0.15) is 0 Å². The SMILES string of the molecule is CC(C)(C)[C@H](N)C(=O)NC1CCOc2c(Cl)cccc21.Cl. The summed E-state index contributed by atoms with van der Waals surface area (Å²) in [6.07, 6.45) is 0.718. The van der Waals surface area contributed by atoms with Crippen LogP contribution < -0.4 is 15.8 Å². The maximum absolute atomic E-state index is 12.2. The average molecular weight is 333 g/mol. The van der Waals surface area contributed by atoms with E-state index in [4.69, 9.17) is 22.1 Å². The Hall–Kier alpha value is -0.970. The largest absolute Gasteiger partial charge is 0.492 e. The number of nitrogens with one attached hydrogen (secondary N) is 1. The Morgan fingerprint density at radius 2 is 2.14 bits per heavy atom. The zero-order valence-corrected chi connectivity index (χ0v) is 14.1. The van der Waals surface area contributed by atoms with Crippen molar-refractivity contribution >= 4 is 29.9 Å². The summed E-state index contributed by atoms with van der Waals surface area (Å²) in [6, 6.07) is 4.92. The molecule has 0 aliphatic carbocycles. The van der Waals surface area contributed by atoms with Gasteiger partial charge in [0.2, 0.25) is 5.91 Å². The Bertz CT molecular complexity index is 515. The normalized spacial score (nSPS) is 18.8. The van der Waals surface area contributed by atoms with Crippen molar-refractivity contribution in [2.45, 2.75) is 39.3 Å². The maximum atomic E-state index is 12.2. The highest BCUT2D eigenvalue weighted by Gasteiger charge is 2.31. The van der Waals surface area contributed by atoms with Crippen LogP contribution in [-0.2, 0) is 4.79 Å². The maximum Gasteiger partial charge on any atom is 0.237 e. The van der Waals surface area contributed by atoms with Crippen molar-refractivity contribution in [1.29, 1.82) is 0 Å². The molecule has 1 amide bonds. The van der Waals surface area contributed by atoms with Gasteiger partial charge in [-0.3, -0.25) is 4.79 Å². The minimum absolute atomic E-state index is 0. The van der Waals surface area contributed by atoms with E-state index < -0.39 is 6.04 Å². The number of rotatable bonds is 2. The fourth-order valence-corrected chi connectivity index (χ4v) is 2.43. The van der Waals surface area contributed by atoms with Crippen LogP contribution in [0.5, 0.6) is 5.75 Å². The molecule has 3 N–H and O–H groups in total. The average Bonchev–Trinajstić information content (AvgIpc) is 2.38. The lowest BCUT2D eigenvalue weighted by Gasteiger charge is -2.31. The first-order valence-corrected chi connectivity index (χ1v) is 7.15. The van der Waals surface area contributed by atoms with Gasteiger partial charge < -0.3 is 15.8 Å². The quantitative estimate of drug-likeness (QED) is 0.874. The van der Waals surface area contributed by atoms with Crippen molar-refractivity contribution in [3.8, 4) is 5.75 Å². The summed E-state index contributed by atoms with van der Waals surface area (Å²) in [5, 5.41) is 3.58. The van der Waals surface area contributed by atoms with Crippen LogP contribution in [0.2, 0.25) is 5.02 Å². The van der Waals surface area contributed by atoms with Crippen LogP contribution in [0.15, 0.2) is 18.2 Å². The van der Waals surface area contributed by atoms with Gasteiger partial charge >= 0.3 is 0 Å². The molecule has 4 nitrogen and oxygen atoms in total. The Morgan fingerprint density at radius 3 is 2.76 bits per heavy atom. The molecule has 0 aromatic heterocycles. The summed E-state index contributed by atoms with van der Waals surface area (Å²) in [4.78, 5) is 12.2. The monoisotopic (exact) mass is 332 g/mol. The van der Waals surface area contributed by atoms with E-state index in [9.17, 15) is 4.79 Å². The Labute approximate surface area is 136 Å². The molecule has 2 rings (SSSR count). The van der Waals surface area contributed by atoms with Crippen LogP contribution >= 0.6 is 24.0 Å². The third kappa shape index (κ3) is 4.02. The molecule has 0 spiro atoms. The number of halogens is 2. The molecular weight excluding hydrogens is 311 g/mol. The summed E-state index contributed by atoms with van der Waals surface area (Å²) >= 11 is 6.12. The smallest absolute Gasteiger partial charge is 0.237 e. The first-order chi connectivity index (χ1) is 9.30. The summed E-state index contributed by atoms with van der Waals surface area (Å²) in [6.45, 7) is 6.39. The van der Waals surface area contributed by atoms with Crippen LogP contribution in [0.3, 0.4) is 0 Å². The molecular formula is C15H22Cl2N2O2. The van der Waals surface area contributed by atoms with Gasteiger partial charge in [-0.1, -0.05) is 44.5 Å². The third-order valence-electron chi connectivity index (χ3n) is 3.56. The van der Waals surface area contributed by atoms with E-state index in [0.29, 0.717) is 17.4 Å². The van der Waals surface area contributed by atoms with Gasteiger partial charge in [-0.15, -0.1) is 12.4 Å². The highest BCUT2D eigenvalue weighted by molar-refractivity contribution is 6.32. The molecule has 1 aliphatic heterocycles. The van der Waals surface area contributed by atoms with Crippen molar-refractivity contribution in [1.82, 2.24) is 5.32 Å². The molecule has 1 heterocycles. The highest BCUT2D eigenvalue weighted by Crippen LogP contribution is 2.37. The van der Waals surface area contributed by atoms with E-state index in [1.807, 2.05) is 32.9 Å². The second-order valence-corrected chi connectivity index (χ2v) is 6.61. The van der Waals surface area contributed by atoms with Gasteiger partial charge in [0.15, 0.2) is 0 Å². The van der Waals surface area contributed by atoms with Crippen molar-refractivity contribution in [2.24, 2.45) is 11.1 Å². The topological polar surface area (TPSA) is 64.4 Å². The standard InChI is InChI=1S/C15H21ClN2O2.ClH/c1-15(2,3)13(17)14(19)18-11-7-8-20-12-9(11)5-4-6-10(12)16;/h4-6,11,13H,7-8,17H2,1-3H3,(H,18,19);1H/t11?,13-;/m1./s1. The second kappa shape index (κ2) is 6.86. The number of ether oxygens (including phenoxy) is 1. The lowest BCUT2D eigenvalue weighted by Crippen LogP contribution is -2.49. The number of fused-ring (bicyclic) bond motifs is 1. The van der Waals surface area contributed by atoms with Gasteiger partial charge in [-0.25, -0.2) is 0 Å². The van der Waals surface area contributed by atoms with Crippen LogP contribution in [0, 0.1) is 5.41 Å². The number of nitrogens with two attached hydrogens (primary N) is 1. The number of amides is 1. The van der Waals surface area contributed by atoms with E-state index in [0.717, 1.165) is 12.0 Å². The van der Waals surface area contributed by atoms with Crippen molar-refractivity contribution in [2.75, 3.05) is 6.61 Å². The predicted octanol–water partition coefficient (Wildman–Crippen LogP) is 3.08. The van der Waals surface area contributed by atoms with Crippen molar-refractivity contribution in [3.05, 3.63) is 28.8 Å². The molecule has 0 bridgehead atoms. The summed E-state index contributed by atoms with van der Waals surface area (Å²) in [5.41, 5.74) is 6.64. The van der Waals surface area contributed by atoms with Crippen LogP contribution in [0.25, 0.3) is 0 Å². The molecule has 1 unspecified atom stereocenters. The molecule has 6 heteroatoms. The lowest BCUT2D eigenvalue weighted by atomic mass is 9.86. The van der Waals surface area contributed by atoms with Gasteiger partial charge in [0.25, 0.3) is 0 Å². The molecule has 1 aromatic carbocycles. The molecule has 1 aromatic rings. The van der Waals surface area contributed by atoms with Crippen molar-refractivity contribution in [3.63, 3.8) is 0 Å². The molecule has 1 aliphatic rings. The lowest BCUT2D eigenvalue weighted by molar-refractivity contribution is -0.125. The number of para-hydroxylation sites is 1. The zero-order chi connectivity index (χ0) is 14.9. The number of benzene rings is 1. The molecule has 0 fully saturated rings. The first-order valence-electron chi connectivity index (χ1n) is 6.78. The van der Waals surface area contributed by atoms with Gasteiger partial charge in [0.1, 0.15) is 5.75 Å². The Balaban J connectivity index is 0.00000220. The minimum Gasteiger partial charge on any atom is -0.492 e. The van der Waals surface area contributed by atoms with E-state index in [2.05, 4.69) is 5.32 Å². The van der Waals surface area contributed by atoms with Crippen LogP contribution in [0.1, 0.15) is 38.8 Å². The molecule has 0 saturated heterocycles. The predicted molar refractivity (Wildman–Crippen MR) is 87.1 cm³/mol. The zero-order valence-electron chi connectivity index (χ0n) is 12.5. The Kier molecular flexibility index (Phi) is 5.91. The summed E-state index contributed by atoms with van der Waals surface area (Å²) < 4.78 is 5.58. The van der Waals surface area contributed by atoms with Gasteiger partial charge in [0, 0.05) is 12.0 Å². The molecule has 0 saturated carbocycles. The van der Waals surface area contributed by atoms with Crippen LogP contribution in [-0.4, -0.2) is 18.6 Å². The first kappa shape index (κ1) is 18.1. The van der Waals surface area contributed by atoms with Gasteiger partial charge in [-0.05, 0) is 11.5 Å². The molecule has 21 heavy (non-hydrogen) atoms. The molecule has 0 radical (unpaired) electrons. The number of hydrogen-bond acceptors (Lipinski definition) is 3. The van der Waals surface area contributed by atoms with Crippen molar-refractivity contribution < 1.29 is 9.53 Å². The third-order valence-corrected chi connectivity index (χ3v) is 3.86. The van der Waals surface area contributed by atoms with Crippen LogP contribution in [0.4, 0.5) is 0 Å². The Morgan fingerprint density at radius 1 is 1.48 bits per heavy atom. The second-order valence-electron chi connectivity index (χ2n) is 6.20. The number of carbonyl (C=O) groups is 1. The molecule has 2 atom stereocenters. The summed E-state index contributed by atoms with van der Waals surface area (Å²) in [7, 11) is 0. The summed E-state index contributed by atoms with van der Waals surface area (Å²) in [5.74, 6) is 0.519. The van der Waals surface area contributed by atoms with E-state index in [-0.39, 0.29) is 29.8 Å². The van der Waals surface area contributed by atoms with E-state index in [1.54, 1.807) is 6.07 Å². The minimum atomic E-state index is -0.548. The van der Waals surface area contributed by atoms with E-state index in [1.165, 1.54) is 0 Å². The highest BCUT2D eigenvalue weighted by atomic mass is 35.5. The fraction of sp³-hybridized carbons (Fsp3) is 0.533. The molecule has 118 valence electrons. The van der Waals surface area contributed by atoms with E-state index >= 15 is 0 Å². The fourth-order valence-electron chi connectivity index (χ4n) is 2.19. The number of hydrogen-bond donors (Lipinski definition) is 2.